The Labute approximate surface area is 127 Å². The number of aryl methyl sites for hydroxylation is 4. The van der Waals surface area contributed by atoms with Crippen molar-refractivity contribution in [2.45, 2.75) is 32.7 Å². The first-order valence-electron chi connectivity index (χ1n) is 6.64. The van der Waals surface area contributed by atoms with E-state index in [2.05, 4.69) is 38.5 Å². The highest BCUT2D eigenvalue weighted by atomic mass is 79.9. The third kappa shape index (κ3) is 2.79. The van der Waals surface area contributed by atoms with Crippen LogP contribution in [0.2, 0.25) is 0 Å². The molecule has 2 heterocycles. The van der Waals surface area contributed by atoms with E-state index in [1.807, 2.05) is 36.6 Å². The lowest BCUT2D eigenvalue weighted by atomic mass is 10.0. The summed E-state index contributed by atoms with van der Waals surface area (Å²) in [4.78, 5) is 0. The molecule has 0 saturated carbocycles. The largest absolute Gasteiger partial charge is 0.275 e. The van der Waals surface area contributed by atoms with Gasteiger partial charge in [0.15, 0.2) is 0 Å². The summed E-state index contributed by atoms with van der Waals surface area (Å²) in [5, 5.41) is 8.89. The average Bonchev–Trinajstić information content (AvgIpc) is 2.87. The standard InChI is InChI=1S/C13H21BrN6/c1-5-10-13(14)12(20(4)18-10)6-11(16-15)9-7-19(3)17-8(9)2/h7,11,16H,5-6,15H2,1-4H3. The molecule has 0 radical (unpaired) electrons. The second kappa shape index (κ2) is 6.07. The minimum atomic E-state index is 0.0140. The molecule has 0 bridgehead atoms. The first-order valence-corrected chi connectivity index (χ1v) is 7.43. The minimum absolute atomic E-state index is 0.0140. The molecule has 20 heavy (non-hydrogen) atoms. The third-order valence-electron chi connectivity index (χ3n) is 3.53. The topological polar surface area (TPSA) is 73.7 Å². The number of nitrogens with two attached hydrogens (primary N) is 1. The van der Waals surface area contributed by atoms with Gasteiger partial charge in [0.1, 0.15) is 0 Å². The maximum atomic E-state index is 5.74. The second-order valence-corrected chi connectivity index (χ2v) is 5.74. The van der Waals surface area contributed by atoms with Crippen LogP contribution in [0.4, 0.5) is 0 Å². The summed E-state index contributed by atoms with van der Waals surface area (Å²) in [6.07, 6.45) is 3.67. The van der Waals surface area contributed by atoms with Crippen molar-refractivity contribution in [3.8, 4) is 0 Å². The molecule has 0 aliphatic rings. The Balaban J connectivity index is 2.31. The highest BCUT2D eigenvalue weighted by Gasteiger charge is 2.20. The molecule has 110 valence electrons. The molecule has 0 saturated heterocycles. The van der Waals surface area contributed by atoms with Gasteiger partial charge in [-0.05, 0) is 29.3 Å². The van der Waals surface area contributed by atoms with Crippen LogP contribution in [-0.2, 0) is 26.9 Å². The van der Waals surface area contributed by atoms with Crippen LogP contribution in [-0.4, -0.2) is 19.6 Å². The van der Waals surface area contributed by atoms with Gasteiger partial charge in [0.2, 0.25) is 0 Å². The Morgan fingerprint density at radius 3 is 2.55 bits per heavy atom. The third-order valence-corrected chi connectivity index (χ3v) is 4.44. The molecule has 3 N–H and O–H groups in total. The number of nitrogens with one attached hydrogen (secondary N) is 1. The number of nitrogens with zero attached hydrogens (tertiary/aromatic N) is 4. The zero-order chi connectivity index (χ0) is 14.9. The maximum Gasteiger partial charge on any atom is 0.0766 e. The van der Waals surface area contributed by atoms with Gasteiger partial charge in [0.25, 0.3) is 0 Å². The second-order valence-electron chi connectivity index (χ2n) is 4.95. The Bertz CT molecular complexity index is 600. The number of hydrogen-bond acceptors (Lipinski definition) is 4. The van der Waals surface area contributed by atoms with E-state index in [0.717, 1.165) is 40.0 Å². The molecule has 0 aliphatic heterocycles. The normalized spacial score (nSPS) is 12.9. The van der Waals surface area contributed by atoms with E-state index >= 15 is 0 Å². The number of hydrazine groups is 1. The van der Waals surface area contributed by atoms with Crippen LogP contribution in [0.3, 0.4) is 0 Å². The van der Waals surface area contributed by atoms with Crippen molar-refractivity contribution in [3.05, 3.63) is 33.3 Å². The fourth-order valence-electron chi connectivity index (χ4n) is 2.45. The number of rotatable bonds is 5. The predicted molar refractivity (Wildman–Crippen MR) is 82.0 cm³/mol. The Hall–Kier alpha value is -1.18. The zero-order valence-corrected chi connectivity index (χ0v) is 13.9. The van der Waals surface area contributed by atoms with Gasteiger partial charge >= 0.3 is 0 Å². The lowest BCUT2D eigenvalue weighted by molar-refractivity contribution is 0.526. The summed E-state index contributed by atoms with van der Waals surface area (Å²) >= 11 is 3.64. The van der Waals surface area contributed by atoms with Gasteiger partial charge in [-0.3, -0.25) is 20.6 Å². The molecule has 0 amide bonds. The number of hydrogen-bond donors (Lipinski definition) is 2. The van der Waals surface area contributed by atoms with Gasteiger partial charge in [0.05, 0.1) is 27.6 Å². The van der Waals surface area contributed by atoms with Crippen molar-refractivity contribution in [3.63, 3.8) is 0 Å². The average molecular weight is 341 g/mol. The lowest BCUT2D eigenvalue weighted by Gasteiger charge is -2.15. The van der Waals surface area contributed by atoms with Crippen molar-refractivity contribution in [2.75, 3.05) is 0 Å². The van der Waals surface area contributed by atoms with Crippen LogP contribution in [0.15, 0.2) is 10.7 Å². The van der Waals surface area contributed by atoms with Gasteiger partial charge in [-0.25, -0.2) is 0 Å². The van der Waals surface area contributed by atoms with Crippen LogP contribution in [0.5, 0.6) is 0 Å². The van der Waals surface area contributed by atoms with Crippen LogP contribution in [0.1, 0.15) is 35.6 Å². The minimum Gasteiger partial charge on any atom is -0.275 e. The predicted octanol–water partition coefficient (Wildman–Crippen LogP) is 1.53. The van der Waals surface area contributed by atoms with E-state index in [0.29, 0.717) is 0 Å². The summed E-state index contributed by atoms with van der Waals surface area (Å²) < 4.78 is 4.80. The first-order chi connectivity index (χ1) is 9.47. The molecule has 1 atom stereocenters. The van der Waals surface area contributed by atoms with Crippen LogP contribution >= 0.6 is 15.9 Å². The molecule has 1 unspecified atom stereocenters. The molecular weight excluding hydrogens is 320 g/mol. The Morgan fingerprint density at radius 1 is 1.40 bits per heavy atom. The van der Waals surface area contributed by atoms with Gasteiger partial charge in [-0.15, -0.1) is 0 Å². The maximum absolute atomic E-state index is 5.74. The van der Waals surface area contributed by atoms with E-state index in [9.17, 15) is 0 Å². The SMILES string of the molecule is CCc1nn(C)c(CC(NN)c2cn(C)nc2C)c1Br. The fourth-order valence-corrected chi connectivity index (χ4v) is 3.23. The molecule has 0 aliphatic carbocycles. The van der Waals surface area contributed by atoms with Gasteiger partial charge in [-0.2, -0.15) is 10.2 Å². The Morgan fingerprint density at radius 2 is 2.10 bits per heavy atom. The van der Waals surface area contributed by atoms with Crippen molar-refractivity contribution < 1.29 is 0 Å². The van der Waals surface area contributed by atoms with Crippen molar-refractivity contribution in [1.82, 2.24) is 25.0 Å². The van der Waals surface area contributed by atoms with Gasteiger partial charge in [-0.1, -0.05) is 6.92 Å². The summed E-state index contributed by atoms with van der Waals surface area (Å²) in [5.74, 6) is 5.74. The smallest absolute Gasteiger partial charge is 0.0766 e. The van der Waals surface area contributed by atoms with E-state index in [-0.39, 0.29) is 6.04 Å². The molecular formula is C13H21BrN6. The zero-order valence-electron chi connectivity index (χ0n) is 12.3. The molecule has 0 aromatic carbocycles. The molecule has 2 rings (SSSR count). The highest BCUT2D eigenvalue weighted by molar-refractivity contribution is 9.10. The highest BCUT2D eigenvalue weighted by Crippen LogP contribution is 2.27. The molecule has 7 heteroatoms. The van der Waals surface area contributed by atoms with E-state index in [1.54, 1.807) is 0 Å². The van der Waals surface area contributed by atoms with E-state index < -0.39 is 0 Å². The lowest BCUT2D eigenvalue weighted by Crippen LogP contribution is -2.30. The first kappa shape index (κ1) is 15.2. The van der Waals surface area contributed by atoms with E-state index in [1.165, 1.54) is 0 Å². The van der Waals surface area contributed by atoms with Crippen molar-refractivity contribution in [1.29, 1.82) is 0 Å². The summed E-state index contributed by atoms with van der Waals surface area (Å²) in [6.45, 7) is 4.09. The quantitative estimate of drug-likeness (QED) is 0.639. The van der Waals surface area contributed by atoms with Crippen molar-refractivity contribution in [2.24, 2.45) is 19.9 Å². The van der Waals surface area contributed by atoms with Crippen molar-refractivity contribution >= 4 is 15.9 Å². The summed E-state index contributed by atoms with van der Waals surface area (Å²) in [7, 11) is 3.88. The monoisotopic (exact) mass is 340 g/mol. The van der Waals surface area contributed by atoms with Gasteiger partial charge in [0, 0.05) is 32.3 Å². The molecule has 2 aromatic rings. The molecule has 6 nitrogen and oxygen atoms in total. The molecule has 0 spiro atoms. The van der Waals surface area contributed by atoms with Crippen LogP contribution < -0.4 is 11.3 Å². The number of aromatic nitrogens is 4. The van der Waals surface area contributed by atoms with E-state index in [4.69, 9.17) is 5.84 Å². The molecule has 0 fully saturated rings. The molecule has 2 aromatic heterocycles. The van der Waals surface area contributed by atoms with Gasteiger partial charge < -0.3 is 0 Å². The van der Waals surface area contributed by atoms with Crippen LogP contribution in [0.25, 0.3) is 0 Å². The fraction of sp³-hybridized carbons (Fsp3) is 0.538. The summed E-state index contributed by atoms with van der Waals surface area (Å²) in [6, 6.07) is 0.0140. The van der Waals surface area contributed by atoms with Crippen LogP contribution in [0, 0.1) is 6.92 Å². The Kier molecular flexibility index (Phi) is 4.62. The number of halogens is 1. The summed E-state index contributed by atoms with van der Waals surface area (Å²) in [5.41, 5.74) is 7.19.